The molecule has 1 heterocycles. The van der Waals surface area contributed by atoms with Crippen LogP contribution in [-0.4, -0.2) is 27.6 Å². The van der Waals surface area contributed by atoms with Crippen LogP contribution in [0.5, 0.6) is 0 Å². The highest BCUT2D eigenvalue weighted by molar-refractivity contribution is 5.99. The molecule has 1 aromatic heterocycles. The van der Waals surface area contributed by atoms with Crippen LogP contribution in [0, 0.1) is 0 Å². The molecule has 0 radical (unpaired) electrons. The van der Waals surface area contributed by atoms with E-state index in [4.69, 9.17) is 9.84 Å². The first-order chi connectivity index (χ1) is 10.4. The lowest BCUT2D eigenvalue weighted by atomic mass is 10.0. The van der Waals surface area contributed by atoms with Crippen molar-refractivity contribution >= 4 is 22.8 Å². The van der Waals surface area contributed by atoms with E-state index in [1.165, 1.54) is 20.8 Å². The van der Waals surface area contributed by atoms with Crippen LogP contribution >= 0.6 is 0 Å². The summed E-state index contributed by atoms with van der Waals surface area (Å²) in [5.74, 6) is -2.43. The SMILES string of the molecule is CC(C)(C)OC(=O)c1cc2cc(C(=O)O)[nH]c2cc1C(F)(F)F. The molecule has 0 amide bonds. The van der Waals surface area contributed by atoms with E-state index in [0.29, 0.717) is 6.07 Å². The Bertz CT molecular complexity index is 784. The maximum atomic E-state index is 13.2. The Morgan fingerprint density at radius 3 is 2.22 bits per heavy atom. The molecule has 2 aromatic rings. The zero-order valence-electron chi connectivity index (χ0n) is 12.5. The Kier molecular flexibility index (Phi) is 3.88. The number of carbonyl (C=O) groups excluding carboxylic acids is 1. The van der Waals surface area contributed by atoms with Gasteiger partial charge in [0.25, 0.3) is 0 Å². The lowest BCUT2D eigenvalue weighted by Crippen LogP contribution is -2.25. The second kappa shape index (κ2) is 5.29. The molecule has 0 aliphatic heterocycles. The van der Waals surface area contributed by atoms with Crippen LogP contribution in [0.4, 0.5) is 13.2 Å². The molecule has 5 nitrogen and oxygen atoms in total. The number of H-pyrrole nitrogens is 1. The van der Waals surface area contributed by atoms with E-state index in [0.717, 1.165) is 12.1 Å². The molecule has 0 fully saturated rings. The summed E-state index contributed by atoms with van der Waals surface area (Å²) in [6, 6.07) is 2.85. The number of ether oxygens (including phenoxy) is 1. The van der Waals surface area contributed by atoms with E-state index in [2.05, 4.69) is 4.98 Å². The van der Waals surface area contributed by atoms with Gasteiger partial charge in [0.1, 0.15) is 11.3 Å². The molecule has 0 saturated heterocycles. The zero-order valence-corrected chi connectivity index (χ0v) is 12.5. The third kappa shape index (κ3) is 3.64. The minimum atomic E-state index is -4.78. The first kappa shape index (κ1) is 16.9. The third-order valence-corrected chi connectivity index (χ3v) is 2.91. The van der Waals surface area contributed by atoms with Gasteiger partial charge in [-0.25, -0.2) is 9.59 Å². The lowest BCUT2D eigenvalue weighted by Gasteiger charge is -2.21. The van der Waals surface area contributed by atoms with Gasteiger partial charge in [-0.05, 0) is 39.0 Å². The summed E-state index contributed by atoms with van der Waals surface area (Å²) >= 11 is 0. The Morgan fingerprint density at radius 2 is 1.74 bits per heavy atom. The number of hydrogen-bond donors (Lipinski definition) is 2. The fourth-order valence-corrected chi connectivity index (χ4v) is 2.03. The van der Waals surface area contributed by atoms with Gasteiger partial charge in [-0.2, -0.15) is 13.2 Å². The predicted molar refractivity (Wildman–Crippen MR) is 75.4 cm³/mol. The number of rotatable bonds is 2. The van der Waals surface area contributed by atoms with Crippen LogP contribution in [-0.2, 0) is 10.9 Å². The molecule has 1 aromatic carbocycles. The second-order valence-corrected chi connectivity index (χ2v) is 5.97. The Morgan fingerprint density at radius 1 is 1.13 bits per heavy atom. The quantitative estimate of drug-likeness (QED) is 0.821. The van der Waals surface area contributed by atoms with Gasteiger partial charge < -0.3 is 14.8 Å². The Balaban J connectivity index is 2.65. The largest absolute Gasteiger partial charge is 0.477 e. The van der Waals surface area contributed by atoms with Crippen molar-refractivity contribution in [1.82, 2.24) is 4.98 Å². The van der Waals surface area contributed by atoms with Gasteiger partial charge >= 0.3 is 18.1 Å². The summed E-state index contributed by atoms with van der Waals surface area (Å²) in [5, 5.41) is 9.08. The molecular formula is C15H14F3NO4. The number of aromatic carboxylic acids is 1. The second-order valence-electron chi connectivity index (χ2n) is 5.97. The Labute approximate surface area is 129 Å². The van der Waals surface area contributed by atoms with Crippen molar-refractivity contribution in [2.45, 2.75) is 32.5 Å². The summed E-state index contributed by atoms with van der Waals surface area (Å²) in [6.07, 6.45) is -4.78. The first-order valence-corrected chi connectivity index (χ1v) is 6.59. The standard InChI is InChI=1S/C15H14F3NO4/c1-14(2,3)23-13(22)8-4-7-5-11(12(20)21)19-10(7)6-9(8)15(16,17)18/h4-6,19H,1-3H3,(H,20,21). The number of aromatic amines is 1. The van der Waals surface area contributed by atoms with E-state index in [1.54, 1.807) is 0 Å². The van der Waals surface area contributed by atoms with E-state index >= 15 is 0 Å². The smallest absolute Gasteiger partial charge is 0.417 e. The Hall–Kier alpha value is -2.51. The fourth-order valence-electron chi connectivity index (χ4n) is 2.03. The topological polar surface area (TPSA) is 79.4 Å². The highest BCUT2D eigenvalue weighted by atomic mass is 19.4. The van der Waals surface area contributed by atoms with Gasteiger partial charge in [-0.3, -0.25) is 0 Å². The summed E-state index contributed by atoms with van der Waals surface area (Å²) in [4.78, 5) is 25.3. The van der Waals surface area contributed by atoms with E-state index in [-0.39, 0.29) is 16.6 Å². The number of nitrogens with one attached hydrogen (secondary N) is 1. The van der Waals surface area contributed by atoms with Gasteiger partial charge in [0.2, 0.25) is 0 Å². The normalized spacial score (nSPS) is 12.4. The molecule has 124 valence electrons. The van der Waals surface area contributed by atoms with Crippen molar-refractivity contribution < 1.29 is 32.6 Å². The van der Waals surface area contributed by atoms with Crippen LogP contribution in [0.3, 0.4) is 0 Å². The molecule has 2 rings (SSSR count). The summed E-state index contributed by atoms with van der Waals surface area (Å²) < 4.78 is 44.6. The maximum Gasteiger partial charge on any atom is 0.417 e. The number of halogens is 3. The van der Waals surface area contributed by atoms with Crippen molar-refractivity contribution in [1.29, 1.82) is 0 Å². The van der Waals surface area contributed by atoms with Crippen LogP contribution in [0.25, 0.3) is 10.9 Å². The van der Waals surface area contributed by atoms with Gasteiger partial charge in [-0.15, -0.1) is 0 Å². The summed E-state index contributed by atoms with van der Waals surface area (Å²) in [6.45, 7) is 4.61. The van der Waals surface area contributed by atoms with Crippen LogP contribution in [0.2, 0.25) is 0 Å². The fraction of sp³-hybridized carbons (Fsp3) is 0.333. The summed E-state index contributed by atoms with van der Waals surface area (Å²) in [7, 11) is 0. The number of alkyl halides is 3. The van der Waals surface area contributed by atoms with Crippen LogP contribution in [0.1, 0.15) is 47.2 Å². The van der Waals surface area contributed by atoms with Gasteiger partial charge in [0, 0.05) is 10.9 Å². The van der Waals surface area contributed by atoms with Gasteiger partial charge in [-0.1, -0.05) is 0 Å². The van der Waals surface area contributed by atoms with Crippen LogP contribution < -0.4 is 0 Å². The highest BCUT2D eigenvalue weighted by Gasteiger charge is 2.37. The van der Waals surface area contributed by atoms with E-state index in [1.807, 2.05) is 0 Å². The maximum absolute atomic E-state index is 13.2. The summed E-state index contributed by atoms with van der Waals surface area (Å²) in [5.41, 5.74) is -3.09. The minimum absolute atomic E-state index is 0.0259. The molecule has 8 heteroatoms. The molecular weight excluding hydrogens is 315 g/mol. The molecule has 0 bridgehead atoms. The first-order valence-electron chi connectivity index (χ1n) is 6.59. The van der Waals surface area contributed by atoms with Crippen molar-refractivity contribution in [2.24, 2.45) is 0 Å². The zero-order chi connectivity index (χ0) is 17.6. The number of benzene rings is 1. The number of fused-ring (bicyclic) bond motifs is 1. The molecule has 0 aliphatic rings. The molecule has 0 unspecified atom stereocenters. The number of esters is 1. The van der Waals surface area contributed by atoms with Gasteiger partial charge in [0.15, 0.2) is 0 Å². The molecule has 0 atom stereocenters. The van der Waals surface area contributed by atoms with Crippen molar-refractivity contribution in [3.8, 4) is 0 Å². The monoisotopic (exact) mass is 329 g/mol. The average Bonchev–Trinajstić information content (AvgIpc) is 2.77. The minimum Gasteiger partial charge on any atom is -0.477 e. The predicted octanol–water partition coefficient (Wildman–Crippen LogP) is 3.84. The lowest BCUT2D eigenvalue weighted by molar-refractivity contribution is -0.138. The van der Waals surface area contributed by atoms with Crippen LogP contribution in [0.15, 0.2) is 18.2 Å². The van der Waals surface area contributed by atoms with E-state index < -0.39 is 34.8 Å². The average molecular weight is 329 g/mol. The van der Waals surface area contributed by atoms with E-state index in [9.17, 15) is 22.8 Å². The molecule has 2 N–H and O–H groups in total. The highest BCUT2D eigenvalue weighted by Crippen LogP contribution is 2.35. The third-order valence-electron chi connectivity index (χ3n) is 2.91. The van der Waals surface area contributed by atoms with Crippen molar-refractivity contribution in [3.63, 3.8) is 0 Å². The van der Waals surface area contributed by atoms with Crippen molar-refractivity contribution in [3.05, 3.63) is 35.0 Å². The number of carboxylic acid groups (broad SMARTS) is 1. The molecule has 23 heavy (non-hydrogen) atoms. The molecule has 0 aliphatic carbocycles. The van der Waals surface area contributed by atoms with Gasteiger partial charge in [0.05, 0.1) is 11.1 Å². The molecule has 0 saturated carbocycles. The number of carbonyl (C=O) groups is 2. The number of carboxylic acids is 1. The van der Waals surface area contributed by atoms with Crippen molar-refractivity contribution in [2.75, 3.05) is 0 Å². The molecule has 0 spiro atoms. The number of hydrogen-bond acceptors (Lipinski definition) is 3. The number of aromatic nitrogens is 1.